The summed E-state index contributed by atoms with van der Waals surface area (Å²) in [5.41, 5.74) is -9.99. The molecule has 1 atom stereocenters. The van der Waals surface area contributed by atoms with Crippen LogP contribution in [0.2, 0.25) is 0 Å². The van der Waals surface area contributed by atoms with Gasteiger partial charge in [0.2, 0.25) is 0 Å². The highest BCUT2D eigenvalue weighted by atomic mass is 19.4. The van der Waals surface area contributed by atoms with Gasteiger partial charge in [0.05, 0.1) is 0 Å². The van der Waals surface area contributed by atoms with Gasteiger partial charge in [0.1, 0.15) is 4.81 Å². The molecule has 0 spiro atoms. The van der Waals surface area contributed by atoms with Crippen LogP contribution in [0.15, 0.2) is 0 Å². The summed E-state index contributed by atoms with van der Waals surface area (Å²) < 4.78 is 312. The second-order valence-electron chi connectivity index (χ2n) is 6.71. The predicted molar refractivity (Wildman–Crippen MR) is 60.5 cm³/mol. The predicted octanol–water partition coefficient (Wildman–Crippen LogP) is 7.34. The van der Waals surface area contributed by atoms with E-state index in [0.29, 0.717) is 0 Å². The van der Waals surface area contributed by atoms with Crippen molar-refractivity contribution in [3.8, 4) is 0 Å². The van der Waals surface area contributed by atoms with Gasteiger partial charge in [-0.05, 0) is 0 Å². The van der Waals surface area contributed by atoms with Gasteiger partial charge in [0.25, 0.3) is 0 Å². The molecule has 0 aliphatic carbocycles. The van der Waals surface area contributed by atoms with Crippen molar-refractivity contribution in [2.45, 2.75) is 65.9 Å². The third-order valence-electron chi connectivity index (χ3n) is 4.31. The van der Waals surface area contributed by atoms with E-state index >= 15 is 0 Å². The van der Waals surface area contributed by atoms with E-state index in [9.17, 15) is 105 Å². The summed E-state index contributed by atoms with van der Waals surface area (Å²) in [5, 5.41) is 16.1. The zero-order valence-corrected chi connectivity index (χ0v) is 15.9. The Morgan fingerprint density at radius 1 is 0.316 bits per heavy atom. The molecule has 27 heteroatoms. The van der Waals surface area contributed by atoms with E-state index in [4.69, 9.17) is 10.4 Å². The van der Waals surface area contributed by atoms with E-state index in [-0.39, 0.29) is 0 Å². The Morgan fingerprint density at radius 3 is 0.789 bits per heavy atom. The molecule has 1 unspecified atom stereocenters. The zero-order chi connectivity index (χ0) is 32.0. The maximum atomic E-state index is 14.3. The van der Waals surface area contributed by atoms with Gasteiger partial charge in [-0.15, -0.1) is 22.0 Å². The normalized spacial score (nSPS) is 18.5. The maximum Gasteiger partial charge on any atom is 0.630 e. The van der Waals surface area contributed by atoms with Crippen LogP contribution in [0, 0.1) is 0 Å². The lowest BCUT2D eigenvalue weighted by atomic mass is 9.79. The van der Waals surface area contributed by atoms with Gasteiger partial charge < -0.3 is 0 Å². The van der Waals surface area contributed by atoms with E-state index in [0.717, 1.165) is 0 Å². The van der Waals surface area contributed by atoms with Crippen molar-refractivity contribution in [1.29, 1.82) is 0 Å². The highest BCUT2D eigenvalue weighted by Gasteiger charge is 3.04. The summed E-state index contributed by atoms with van der Waals surface area (Å²) in [6.45, 7) is 0. The molecule has 0 aliphatic heterocycles. The van der Waals surface area contributed by atoms with Crippen molar-refractivity contribution in [2.75, 3.05) is 0 Å². The molecule has 38 heavy (non-hydrogen) atoms. The number of hydrogen-bond donors (Lipinski definition) is 2. The van der Waals surface area contributed by atoms with Gasteiger partial charge in [-0.25, -0.2) is 4.39 Å². The van der Waals surface area contributed by atoms with Gasteiger partial charge in [0, 0.05) is 0 Å². The first kappa shape index (κ1) is 36.2. The Balaban J connectivity index is 8.02. The molecule has 0 amide bonds. The van der Waals surface area contributed by atoms with Crippen molar-refractivity contribution < 1.29 is 121 Å². The van der Waals surface area contributed by atoms with Crippen LogP contribution in [0.25, 0.3) is 0 Å². The molecule has 0 aromatic heterocycles. The van der Waals surface area contributed by atoms with Crippen LogP contribution in [0.4, 0.5) is 105 Å². The van der Waals surface area contributed by atoms with Crippen molar-refractivity contribution >= 4 is 0 Å². The Morgan fingerprint density at radius 2 is 0.553 bits per heavy atom. The number of hydrogen-bond acceptors (Lipinski definition) is 2. The quantitative estimate of drug-likeness (QED) is 0.127. The Bertz CT molecular complexity index is 877. The average molecular weight is 636 g/mol. The molecule has 0 bridgehead atoms. The molecule has 0 heterocycles. The molecular formula is C11H2F24NO2+. The van der Waals surface area contributed by atoms with Crippen molar-refractivity contribution in [3.05, 3.63) is 0 Å². The van der Waals surface area contributed by atoms with Crippen LogP contribution in [0.5, 0.6) is 0 Å². The van der Waals surface area contributed by atoms with E-state index in [1.807, 2.05) is 0 Å². The highest BCUT2D eigenvalue weighted by Crippen LogP contribution is 2.69. The van der Waals surface area contributed by atoms with Gasteiger partial charge in [0.15, 0.2) is 0 Å². The fourth-order valence-corrected chi connectivity index (χ4v) is 2.13. The fraction of sp³-hybridized carbons (Fsp3) is 1.00. The molecule has 3 nitrogen and oxygen atoms in total. The molecule has 0 aromatic rings. The van der Waals surface area contributed by atoms with E-state index in [1.54, 1.807) is 0 Å². The monoisotopic (exact) mass is 636 g/mol. The van der Waals surface area contributed by atoms with Gasteiger partial charge in [-0.3, -0.25) is 0 Å². The highest BCUT2D eigenvalue weighted by molar-refractivity contribution is 5.21. The van der Waals surface area contributed by atoms with E-state index in [2.05, 4.69) is 0 Å². The van der Waals surface area contributed by atoms with Gasteiger partial charge in [-0.2, -0.15) is 89.4 Å². The summed E-state index contributed by atoms with van der Waals surface area (Å²) in [5.74, 6) is -56.8. The Kier molecular flexibility index (Phi) is 7.96. The minimum Gasteiger partial charge on any atom is -0.215 e. The van der Waals surface area contributed by atoms with Crippen molar-refractivity contribution in [3.63, 3.8) is 0 Å². The van der Waals surface area contributed by atoms with Crippen LogP contribution >= 0.6 is 0 Å². The third-order valence-corrected chi connectivity index (χ3v) is 4.31. The standard InChI is InChI=1S/C11H2F24NO2/c12-1(3(15,16)8(25,26)27,10(31,32)36(37,38)11(33,34)35)2(13,14)4(17,18)5(19,20)6(21,22)7(23,24)9(28,29)30/h37-38H/q+1. The molecule has 0 saturated carbocycles. The molecule has 0 fully saturated rings. The first-order chi connectivity index (χ1) is 15.8. The second-order valence-corrected chi connectivity index (χ2v) is 6.71. The number of quaternary nitrogens is 1. The minimum absolute atomic E-state index is 7.31. The van der Waals surface area contributed by atoms with Crippen LogP contribution in [-0.4, -0.2) is 81.1 Å². The number of alkyl halides is 24. The number of hydroxylamine groups is 4. The first-order valence-corrected chi connectivity index (χ1v) is 7.63. The lowest BCUT2D eigenvalue weighted by molar-refractivity contribution is -1.35. The summed E-state index contributed by atoms with van der Waals surface area (Å²) in [4.78, 5) is -7.31. The van der Waals surface area contributed by atoms with E-state index < -0.39 is 70.7 Å². The Labute approximate surface area is 188 Å². The minimum atomic E-state index is -10.0. The first-order valence-electron chi connectivity index (χ1n) is 7.63. The number of nitrogens with zero attached hydrogens (tertiary/aromatic N) is 1. The molecule has 230 valence electrons. The van der Waals surface area contributed by atoms with Gasteiger partial charge >= 0.3 is 65.9 Å². The van der Waals surface area contributed by atoms with Crippen molar-refractivity contribution in [2.24, 2.45) is 0 Å². The van der Waals surface area contributed by atoms with Crippen LogP contribution in [0.1, 0.15) is 0 Å². The lowest BCUT2D eigenvalue weighted by Gasteiger charge is -2.48. The average Bonchev–Trinajstić information content (AvgIpc) is 2.63. The molecule has 0 aliphatic rings. The zero-order valence-electron chi connectivity index (χ0n) is 15.9. The number of halogens is 24. The molecular weight excluding hydrogens is 634 g/mol. The topological polar surface area (TPSA) is 40.5 Å². The molecule has 0 radical (unpaired) electrons. The van der Waals surface area contributed by atoms with Gasteiger partial charge in [-0.1, -0.05) is 0 Å². The summed E-state index contributed by atoms with van der Waals surface area (Å²) in [7, 11) is 0. The maximum absolute atomic E-state index is 14.3. The molecule has 2 N–H and O–H groups in total. The summed E-state index contributed by atoms with van der Waals surface area (Å²) >= 11 is 0. The SMILES string of the molecule is O[N+](O)(C(F)(F)F)C(F)(F)C(F)(C(F)(F)C(F)(F)F)C(F)(F)C(F)(F)C(F)(F)C(F)(F)C(F)(F)C(F)(F)F. The Hall–Kier alpha value is -1.80. The molecule has 0 rings (SSSR count). The van der Waals surface area contributed by atoms with Crippen molar-refractivity contribution in [1.82, 2.24) is 0 Å². The summed E-state index contributed by atoms with van der Waals surface area (Å²) in [6.07, 6.45) is -25.1. The molecule has 0 aromatic carbocycles. The second kappa shape index (κ2) is 8.35. The van der Waals surface area contributed by atoms with Crippen LogP contribution < -0.4 is 0 Å². The largest absolute Gasteiger partial charge is 0.630 e. The van der Waals surface area contributed by atoms with E-state index in [1.165, 1.54) is 0 Å². The fourth-order valence-electron chi connectivity index (χ4n) is 2.13. The summed E-state index contributed by atoms with van der Waals surface area (Å²) in [6, 6.07) is -9.41. The lowest BCUT2D eigenvalue weighted by Crippen LogP contribution is -2.85. The van der Waals surface area contributed by atoms with Crippen LogP contribution in [0.3, 0.4) is 0 Å². The molecule has 0 saturated heterocycles. The van der Waals surface area contributed by atoms with Crippen LogP contribution in [-0.2, 0) is 0 Å². The number of rotatable bonds is 8. The smallest absolute Gasteiger partial charge is 0.215 e. The third kappa shape index (κ3) is 3.99.